The molecule has 0 radical (unpaired) electrons. The second kappa shape index (κ2) is 7.52. The standard InChI is InChI=1S/C18H14F3N5O3S/c1-9(30-17-25-24-15(29-17)11-3-2-6-22-11)16(28)26-8-14(27)23-12-7-10(18(19,20)21)4-5-13(12)26/h2-7,9,22H,8H2,1H3,(H,23,27)/t9-/m1/s1. The third kappa shape index (κ3) is 3.90. The Kier molecular flexibility index (Phi) is 5.02. The Morgan fingerprint density at radius 3 is 2.80 bits per heavy atom. The average molecular weight is 437 g/mol. The number of carbonyl (C=O) groups is 2. The number of benzene rings is 1. The van der Waals surface area contributed by atoms with Gasteiger partial charge in [-0.15, -0.1) is 10.2 Å². The minimum Gasteiger partial charge on any atom is -0.410 e. The van der Waals surface area contributed by atoms with Gasteiger partial charge in [-0.05, 0) is 37.3 Å². The Morgan fingerprint density at radius 1 is 1.30 bits per heavy atom. The number of aromatic amines is 1. The van der Waals surface area contributed by atoms with E-state index in [0.717, 1.165) is 28.8 Å². The first kappa shape index (κ1) is 20.0. The number of carbonyl (C=O) groups excluding carboxylic acids is 2. The van der Waals surface area contributed by atoms with Gasteiger partial charge < -0.3 is 14.7 Å². The van der Waals surface area contributed by atoms with Crippen molar-refractivity contribution < 1.29 is 27.2 Å². The lowest BCUT2D eigenvalue weighted by atomic mass is 10.1. The lowest BCUT2D eigenvalue weighted by molar-refractivity contribution is -0.137. The van der Waals surface area contributed by atoms with Crippen LogP contribution < -0.4 is 10.2 Å². The largest absolute Gasteiger partial charge is 0.416 e. The smallest absolute Gasteiger partial charge is 0.410 e. The molecule has 0 unspecified atom stereocenters. The summed E-state index contributed by atoms with van der Waals surface area (Å²) in [7, 11) is 0. The van der Waals surface area contributed by atoms with Gasteiger partial charge in [0, 0.05) is 6.20 Å². The van der Waals surface area contributed by atoms with Gasteiger partial charge in [0.15, 0.2) is 0 Å². The highest BCUT2D eigenvalue weighted by atomic mass is 32.2. The average Bonchev–Trinajstić information content (AvgIpc) is 3.37. The fourth-order valence-electron chi connectivity index (χ4n) is 2.91. The third-order valence-corrected chi connectivity index (χ3v) is 5.24. The molecule has 3 heterocycles. The van der Waals surface area contributed by atoms with E-state index in [1.165, 1.54) is 6.07 Å². The number of aromatic nitrogens is 3. The predicted molar refractivity (Wildman–Crippen MR) is 102 cm³/mol. The SMILES string of the molecule is C[C@@H](Sc1nnc(-c2ccc[nH]2)o1)C(=O)N1CC(=O)Nc2cc(C(F)(F)F)ccc21. The van der Waals surface area contributed by atoms with Crippen LogP contribution in [0.2, 0.25) is 0 Å². The van der Waals surface area contributed by atoms with Crippen LogP contribution in [0.15, 0.2) is 46.2 Å². The van der Waals surface area contributed by atoms with Gasteiger partial charge in [-0.3, -0.25) is 14.5 Å². The van der Waals surface area contributed by atoms with Crippen LogP contribution >= 0.6 is 11.8 Å². The van der Waals surface area contributed by atoms with Gasteiger partial charge in [0.1, 0.15) is 12.2 Å². The molecule has 30 heavy (non-hydrogen) atoms. The van der Waals surface area contributed by atoms with E-state index < -0.39 is 28.8 Å². The Labute approximate surface area is 171 Å². The first-order valence-electron chi connectivity index (χ1n) is 8.69. The summed E-state index contributed by atoms with van der Waals surface area (Å²) in [4.78, 5) is 29.0. The van der Waals surface area contributed by atoms with Gasteiger partial charge in [0.25, 0.3) is 11.1 Å². The Balaban J connectivity index is 1.54. The van der Waals surface area contributed by atoms with Crippen molar-refractivity contribution in [2.75, 3.05) is 16.8 Å². The molecule has 1 aliphatic heterocycles. The highest BCUT2D eigenvalue weighted by Gasteiger charge is 2.35. The van der Waals surface area contributed by atoms with Crippen LogP contribution in [0, 0.1) is 0 Å². The molecule has 1 aliphatic rings. The van der Waals surface area contributed by atoms with Crippen molar-refractivity contribution in [3.8, 4) is 11.6 Å². The van der Waals surface area contributed by atoms with Gasteiger partial charge in [-0.2, -0.15) is 13.2 Å². The van der Waals surface area contributed by atoms with Crippen LogP contribution in [0.25, 0.3) is 11.6 Å². The van der Waals surface area contributed by atoms with Gasteiger partial charge >= 0.3 is 6.18 Å². The molecule has 0 bridgehead atoms. The Morgan fingerprint density at radius 2 is 2.10 bits per heavy atom. The van der Waals surface area contributed by atoms with E-state index in [0.29, 0.717) is 5.69 Å². The second-order valence-corrected chi connectivity index (χ2v) is 7.71. The van der Waals surface area contributed by atoms with Gasteiger partial charge in [0.2, 0.25) is 11.8 Å². The summed E-state index contributed by atoms with van der Waals surface area (Å²) < 4.78 is 44.4. The zero-order chi connectivity index (χ0) is 21.5. The number of alkyl halides is 3. The molecule has 0 aliphatic carbocycles. The van der Waals surface area contributed by atoms with E-state index in [1.807, 2.05) is 0 Å². The molecule has 2 N–H and O–H groups in total. The van der Waals surface area contributed by atoms with Gasteiger partial charge in [0.05, 0.1) is 22.2 Å². The van der Waals surface area contributed by atoms with Crippen molar-refractivity contribution in [1.82, 2.24) is 15.2 Å². The number of hydrogen-bond acceptors (Lipinski definition) is 6. The molecule has 2 amide bonds. The topological polar surface area (TPSA) is 104 Å². The first-order chi connectivity index (χ1) is 14.2. The number of hydrogen-bond donors (Lipinski definition) is 2. The molecule has 156 valence electrons. The summed E-state index contributed by atoms with van der Waals surface area (Å²) in [6.07, 6.45) is -2.87. The molecular weight excluding hydrogens is 423 g/mol. The van der Waals surface area contributed by atoms with Crippen molar-refractivity contribution in [2.24, 2.45) is 0 Å². The van der Waals surface area contributed by atoms with Crippen molar-refractivity contribution in [3.63, 3.8) is 0 Å². The molecule has 12 heteroatoms. The minimum atomic E-state index is -4.57. The van der Waals surface area contributed by atoms with Crippen molar-refractivity contribution >= 4 is 35.0 Å². The number of halogens is 3. The van der Waals surface area contributed by atoms with E-state index in [-0.39, 0.29) is 29.0 Å². The van der Waals surface area contributed by atoms with Gasteiger partial charge in [-0.1, -0.05) is 11.8 Å². The van der Waals surface area contributed by atoms with Crippen LogP contribution in [0.1, 0.15) is 12.5 Å². The lowest BCUT2D eigenvalue weighted by Crippen LogP contribution is -2.45. The maximum atomic E-state index is 13.0. The van der Waals surface area contributed by atoms with Crippen LogP contribution in [-0.4, -0.2) is 38.8 Å². The molecule has 0 fully saturated rings. The monoisotopic (exact) mass is 437 g/mol. The molecule has 3 aromatic rings. The highest BCUT2D eigenvalue weighted by Crippen LogP contribution is 2.38. The van der Waals surface area contributed by atoms with Gasteiger partial charge in [-0.25, -0.2) is 0 Å². The molecule has 0 saturated heterocycles. The first-order valence-corrected chi connectivity index (χ1v) is 9.57. The molecule has 0 saturated carbocycles. The Bertz CT molecular complexity index is 1100. The molecular formula is C18H14F3N5O3S. The predicted octanol–water partition coefficient (Wildman–Crippen LogP) is 3.55. The fraction of sp³-hybridized carbons (Fsp3) is 0.222. The quantitative estimate of drug-likeness (QED) is 0.605. The van der Waals surface area contributed by atoms with Crippen molar-refractivity contribution in [1.29, 1.82) is 0 Å². The highest BCUT2D eigenvalue weighted by molar-refractivity contribution is 8.00. The zero-order valence-corrected chi connectivity index (χ0v) is 16.2. The van der Waals surface area contributed by atoms with Crippen molar-refractivity contribution in [3.05, 3.63) is 42.1 Å². The summed E-state index contributed by atoms with van der Waals surface area (Å²) in [6.45, 7) is 1.28. The number of rotatable bonds is 4. The summed E-state index contributed by atoms with van der Waals surface area (Å²) in [6, 6.07) is 6.36. The lowest BCUT2D eigenvalue weighted by Gasteiger charge is -2.31. The number of fused-ring (bicyclic) bond motifs is 1. The summed E-state index contributed by atoms with van der Waals surface area (Å²) in [5.74, 6) is -0.806. The van der Waals surface area contributed by atoms with Crippen molar-refractivity contribution in [2.45, 2.75) is 23.6 Å². The van der Waals surface area contributed by atoms with E-state index in [2.05, 4.69) is 20.5 Å². The summed E-state index contributed by atoms with van der Waals surface area (Å²) in [5.41, 5.74) is -0.174. The minimum absolute atomic E-state index is 0.0709. The summed E-state index contributed by atoms with van der Waals surface area (Å²) in [5, 5.41) is 9.58. The number of H-pyrrole nitrogens is 1. The fourth-order valence-corrected chi connectivity index (χ4v) is 3.66. The van der Waals surface area contributed by atoms with Crippen LogP contribution in [0.4, 0.5) is 24.5 Å². The number of thioether (sulfide) groups is 1. The molecule has 4 rings (SSSR count). The van der Waals surface area contributed by atoms with Crippen LogP contribution in [0.3, 0.4) is 0 Å². The van der Waals surface area contributed by atoms with Crippen LogP contribution in [-0.2, 0) is 15.8 Å². The maximum Gasteiger partial charge on any atom is 0.416 e. The maximum absolute atomic E-state index is 13.0. The number of nitrogens with zero attached hydrogens (tertiary/aromatic N) is 3. The van der Waals surface area contributed by atoms with E-state index in [9.17, 15) is 22.8 Å². The molecule has 8 nitrogen and oxygen atoms in total. The van der Waals surface area contributed by atoms with E-state index in [1.54, 1.807) is 25.3 Å². The Hall–Kier alpha value is -3.28. The summed E-state index contributed by atoms with van der Waals surface area (Å²) >= 11 is 0.990. The third-order valence-electron chi connectivity index (χ3n) is 4.32. The normalized spacial score (nSPS) is 14.9. The second-order valence-electron chi connectivity index (χ2n) is 6.42. The van der Waals surface area contributed by atoms with E-state index >= 15 is 0 Å². The van der Waals surface area contributed by atoms with E-state index in [4.69, 9.17) is 4.42 Å². The van der Waals surface area contributed by atoms with Crippen LogP contribution in [0.5, 0.6) is 0 Å². The molecule has 0 spiro atoms. The number of nitrogens with one attached hydrogen (secondary N) is 2. The zero-order valence-electron chi connectivity index (χ0n) is 15.4. The molecule has 1 aromatic carbocycles. The number of anilines is 2. The number of amides is 2. The molecule has 2 aromatic heterocycles. The molecule has 1 atom stereocenters.